The second-order valence-electron chi connectivity index (χ2n) is 4.81. The van der Waals surface area contributed by atoms with Crippen LogP contribution >= 0.6 is 0 Å². The summed E-state index contributed by atoms with van der Waals surface area (Å²) >= 11 is 0. The summed E-state index contributed by atoms with van der Waals surface area (Å²) in [6.45, 7) is 2.98. The Morgan fingerprint density at radius 3 is 2.38 bits per heavy atom. The molecule has 7 nitrogen and oxygen atoms in total. The van der Waals surface area contributed by atoms with Gasteiger partial charge in [-0.15, -0.1) is 0 Å². The van der Waals surface area contributed by atoms with Crippen LogP contribution in [0.4, 0.5) is 0 Å². The number of carbonyl (C=O) groups excluding carboxylic acids is 2. The molecule has 0 saturated carbocycles. The van der Waals surface area contributed by atoms with Gasteiger partial charge in [-0.2, -0.15) is 0 Å². The third kappa shape index (κ3) is 4.02. The van der Waals surface area contributed by atoms with E-state index in [1.54, 1.807) is 0 Å². The summed E-state index contributed by atoms with van der Waals surface area (Å²) in [5.41, 5.74) is -1.09. The maximum Gasteiger partial charge on any atom is 0.330 e. The number of methoxy groups -OCH3 is 1. The van der Waals surface area contributed by atoms with Crippen molar-refractivity contribution in [3.63, 3.8) is 0 Å². The molecule has 0 fully saturated rings. The standard InChI is InChI=1S/C13H18N2O5S/c1-13(2,12(17)20-4)15-11(16)9-6-5-7-10(8-9)21(18,19)14-3/h5-8,14H,1-4H3,(H,15,16). The van der Waals surface area contributed by atoms with Crippen LogP contribution in [-0.2, 0) is 19.6 Å². The Bertz CT molecular complexity index is 652. The average Bonchev–Trinajstić information content (AvgIpc) is 2.45. The molecule has 0 aromatic heterocycles. The minimum Gasteiger partial charge on any atom is -0.467 e. The Morgan fingerprint density at radius 2 is 1.86 bits per heavy atom. The lowest BCUT2D eigenvalue weighted by molar-refractivity contribution is -0.146. The van der Waals surface area contributed by atoms with Crippen molar-refractivity contribution in [3.8, 4) is 0 Å². The third-order valence-electron chi connectivity index (χ3n) is 2.80. The molecule has 0 spiro atoms. The molecule has 0 bridgehead atoms. The lowest BCUT2D eigenvalue weighted by Gasteiger charge is -2.23. The van der Waals surface area contributed by atoms with Gasteiger partial charge in [-0.05, 0) is 39.1 Å². The molecule has 0 heterocycles. The number of amides is 1. The smallest absolute Gasteiger partial charge is 0.330 e. The van der Waals surface area contributed by atoms with Crippen LogP contribution < -0.4 is 10.0 Å². The number of sulfonamides is 1. The molecule has 0 aliphatic carbocycles. The average molecular weight is 314 g/mol. The summed E-state index contributed by atoms with van der Waals surface area (Å²) in [5.74, 6) is -1.17. The minimum absolute atomic E-state index is 0.0338. The number of rotatable bonds is 5. The molecule has 0 aliphatic heterocycles. The normalized spacial score (nSPS) is 11.8. The highest BCUT2D eigenvalue weighted by molar-refractivity contribution is 7.89. The molecule has 0 radical (unpaired) electrons. The quantitative estimate of drug-likeness (QED) is 0.760. The van der Waals surface area contributed by atoms with E-state index in [2.05, 4.69) is 14.8 Å². The highest BCUT2D eigenvalue weighted by Crippen LogP contribution is 2.13. The van der Waals surface area contributed by atoms with Crippen LogP contribution in [0, 0.1) is 0 Å². The van der Waals surface area contributed by atoms with Gasteiger partial charge in [0.05, 0.1) is 12.0 Å². The van der Waals surface area contributed by atoms with Crippen LogP contribution in [-0.4, -0.2) is 40.0 Å². The molecule has 21 heavy (non-hydrogen) atoms. The van der Waals surface area contributed by atoms with Crippen LogP contribution in [0.1, 0.15) is 24.2 Å². The Kier molecular flexibility index (Phi) is 5.08. The topological polar surface area (TPSA) is 102 Å². The maximum absolute atomic E-state index is 12.1. The molecule has 8 heteroatoms. The van der Waals surface area contributed by atoms with Crippen LogP contribution in [0.15, 0.2) is 29.2 Å². The van der Waals surface area contributed by atoms with E-state index >= 15 is 0 Å². The zero-order chi connectivity index (χ0) is 16.3. The van der Waals surface area contributed by atoms with Crippen molar-refractivity contribution in [2.24, 2.45) is 0 Å². The Morgan fingerprint density at radius 1 is 1.24 bits per heavy atom. The van der Waals surface area contributed by atoms with Gasteiger partial charge >= 0.3 is 5.97 Å². The van der Waals surface area contributed by atoms with Gasteiger partial charge in [0, 0.05) is 5.56 Å². The monoisotopic (exact) mass is 314 g/mol. The first-order chi connectivity index (χ1) is 9.64. The van der Waals surface area contributed by atoms with Crippen molar-refractivity contribution in [2.45, 2.75) is 24.3 Å². The van der Waals surface area contributed by atoms with Gasteiger partial charge in [0.1, 0.15) is 5.54 Å². The van der Waals surface area contributed by atoms with E-state index in [0.29, 0.717) is 0 Å². The van der Waals surface area contributed by atoms with E-state index in [0.717, 1.165) is 0 Å². The lowest BCUT2D eigenvalue weighted by atomic mass is 10.1. The molecule has 2 N–H and O–H groups in total. The molecule has 116 valence electrons. The Labute approximate surface area is 123 Å². The van der Waals surface area contributed by atoms with Crippen LogP contribution in [0.2, 0.25) is 0 Å². The minimum atomic E-state index is -3.64. The fourth-order valence-corrected chi connectivity index (χ4v) is 2.36. The third-order valence-corrected chi connectivity index (χ3v) is 4.21. The summed E-state index contributed by atoms with van der Waals surface area (Å²) in [4.78, 5) is 23.6. The molecular weight excluding hydrogens is 296 g/mol. The van der Waals surface area contributed by atoms with Crippen molar-refractivity contribution in [2.75, 3.05) is 14.2 Å². The van der Waals surface area contributed by atoms with Crippen LogP contribution in [0.3, 0.4) is 0 Å². The van der Waals surface area contributed by atoms with Crippen molar-refractivity contribution >= 4 is 21.9 Å². The fraction of sp³-hybridized carbons (Fsp3) is 0.385. The van der Waals surface area contributed by atoms with E-state index in [9.17, 15) is 18.0 Å². The second-order valence-corrected chi connectivity index (χ2v) is 6.69. The second kappa shape index (κ2) is 6.23. The van der Waals surface area contributed by atoms with Crippen molar-refractivity contribution in [1.29, 1.82) is 0 Å². The SMILES string of the molecule is CNS(=O)(=O)c1cccc(C(=O)NC(C)(C)C(=O)OC)c1. The molecule has 0 atom stereocenters. The Hall–Kier alpha value is -1.93. The molecule has 1 rings (SSSR count). The number of benzene rings is 1. The molecule has 1 aromatic carbocycles. The van der Waals surface area contributed by atoms with Crippen LogP contribution in [0.25, 0.3) is 0 Å². The summed E-state index contributed by atoms with van der Waals surface area (Å²) < 4.78 is 30.2. The largest absolute Gasteiger partial charge is 0.467 e. The van der Waals surface area contributed by atoms with Crippen molar-refractivity contribution in [3.05, 3.63) is 29.8 Å². The van der Waals surface area contributed by atoms with E-state index in [1.807, 2.05) is 0 Å². The highest BCUT2D eigenvalue weighted by Gasteiger charge is 2.31. The molecular formula is C13H18N2O5S. The van der Waals surface area contributed by atoms with Gasteiger partial charge < -0.3 is 10.1 Å². The van der Waals surface area contributed by atoms with Gasteiger partial charge in [0.25, 0.3) is 5.91 Å². The number of nitrogens with one attached hydrogen (secondary N) is 2. The first-order valence-electron chi connectivity index (χ1n) is 6.08. The molecule has 0 saturated heterocycles. The summed E-state index contributed by atoms with van der Waals surface area (Å²) in [6, 6.07) is 5.50. The molecule has 0 aliphatic rings. The fourth-order valence-electron chi connectivity index (χ4n) is 1.58. The highest BCUT2D eigenvalue weighted by atomic mass is 32.2. The van der Waals surface area contributed by atoms with Gasteiger partial charge in [-0.3, -0.25) is 4.79 Å². The number of ether oxygens (including phenoxy) is 1. The molecule has 0 unspecified atom stereocenters. The Balaban J connectivity index is 3.05. The van der Waals surface area contributed by atoms with E-state index in [-0.39, 0.29) is 10.5 Å². The number of esters is 1. The zero-order valence-corrected chi connectivity index (χ0v) is 13.1. The lowest BCUT2D eigenvalue weighted by Crippen LogP contribution is -2.50. The number of hydrogen-bond acceptors (Lipinski definition) is 5. The van der Waals surface area contributed by atoms with Gasteiger partial charge in [0.15, 0.2) is 0 Å². The van der Waals surface area contributed by atoms with Gasteiger partial charge in [-0.1, -0.05) is 6.07 Å². The summed E-state index contributed by atoms with van der Waals surface area (Å²) in [6.07, 6.45) is 0. The molecule has 1 aromatic rings. The predicted octanol–water partition coefficient (Wildman–Crippen LogP) is 0.276. The first-order valence-corrected chi connectivity index (χ1v) is 7.57. The van der Waals surface area contributed by atoms with E-state index in [4.69, 9.17) is 0 Å². The van der Waals surface area contributed by atoms with E-state index < -0.39 is 27.4 Å². The number of carbonyl (C=O) groups is 2. The predicted molar refractivity (Wildman–Crippen MR) is 76.2 cm³/mol. The van der Waals surface area contributed by atoms with E-state index in [1.165, 1.54) is 52.3 Å². The molecule has 1 amide bonds. The first kappa shape index (κ1) is 17.1. The van der Waals surface area contributed by atoms with Crippen molar-refractivity contribution in [1.82, 2.24) is 10.0 Å². The van der Waals surface area contributed by atoms with Crippen LogP contribution in [0.5, 0.6) is 0 Å². The van der Waals surface area contributed by atoms with Gasteiger partial charge in [0.2, 0.25) is 10.0 Å². The maximum atomic E-state index is 12.1. The van der Waals surface area contributed by atoms with Gasteiger partial charge in [-0.25, -0.2) is 17.9 Å². The summed E-state index contributed by atoms with van der Waals surface area (Å²) in [7, 11) is -1.14. The van der Waals surface area contributed by atoms with Crippen molar-refractivity contribution < 1.29 is 22.7 Å². The number of hydrogen-bond donors (Lipinski definition) is 2. The zero-order valence-electron chi connectivity index (χ0n) is 12.3. The summed E-state index contributed by atoms with van der Waals surface area (Å²) in [5, 5.41) is 2.49.